The van der Waals surface area contributed by atoms with Gasteiger partial charge in [0.1, 0.15) is 5.82 Å². The number of hydrogen-bond acceptors (Lipinski definition) is 4. The average Bonchev–Trinajstić information content (AvgIpc) is 2.66. The number of halogens is 3. The molecule has 0 aliphatic heterocycles. The molecule has 0 amide bonds. The molecule has 0 fully saturated rings. The van der Waals surface area contributed by atoms with Crippen LogP contribution in [0.4, 0.5) is 5.82 Å². The van der Waals surface area contributed by atoms with E-state index < -0.39 is 0 Å². The van der Waals surface area contributed by atoms with Crippen LogP contribution in [0.15, 0.2) is 26.6 Å². The van der Waals surface area contributed by atoms with Crippen molar-refractivity contribution in [1.82, 2.24) is 9.97 Å². The Bertz CT molecular complexity index is 503. The number of aromatic nitrogens is 2. The monoisotopic (exact) mass is 381 g/mol. The Morgan fingerprint density at radius 1 is 1.38 bits per heavy atom. The maximum atomic E-state index is 5.72. The number of anilines is 1. The van der Waals surface area contributed by atoms with Gasteiger partial charge in [-0.1, -0.05) is 0 Å². The molecule has 0 saturated carbocycles. The summed E-state index contributed by atoms with van der Waals surface area (Å²) in [4.78, 5) is 9.16. The molecule has 0 radical (unpaired) electrons. The van der Waals surface area contributed by atoms with E-state index in [-0.39, 0.29) is 5.28 Å². The van der Waals surface area contributed by atoms with Crippen molar-refractivity contribution >= 4 is 60.6 Å². The van der Waals surface area contributed by atoms with Crippen LogP contribution in [0.3, 0.4) is 0 Å². The Morgan fingerprint density at radius 3 is 2.88 bits per heavy atom. The smallest absolute Gasteiger partial charge is 0.224 e. The average molecular weight is 383 g/mol. The fourth-order valence-corrected chi connectivity index (χ4v) is 2.98. The molecule has 0 saturated heterocycles. The number of nitrogens with one attached hydrogen (secondary N) is 1. The van der Waals surface area contributed by atoms with Crippen molar-refractivity contribution in [3.63, 3.8) is 0 Å². The molecule has 2 aromatic heterocycles. The summed E-state index contributed by atoms with van der Waals surface area (Å²) in [6.45, 7) is 0.699. The van der Waals surface area contributed by atoms with Crippen molar-refractivity contribution < 1.29 is 0 Å². The van der Waals surface area contributed by atoms with Gasteiger partial charge in [-0.3, -0.25) is 0 Å². The van der Waals surface area contributed by atoms with Gasteiger partial charge in [0.25, 0.3) is 0 Å². The highest BCUT2D eigenvalue weighted by Gasteiger charge is 2.05. The first-order chi connectivity index (χ1) is 7.66. The Labute approximate surface area is 119 Å². The summed E-state index contributed by atoms with van der Waals surface area (Å²) >= 11 is 14.2. The normalized spacial score (nSPS) is 10.4. The topological polar surface area (TPSA) is 37.8 Å². The second kappa shape index (κ2) is 5.44. The van der Waals surface area contributed by atoms with Gasteiger partial charge in [0.2, 0.25) is 5.28 Å². The lowest BCUT2D eigenvalue weighted by molar-refractivity contribution is 1.08. The molecule has 7 heteroatoms. The van der Waals surface area contributed by atoms with Gasteiger partial charge in [0.05, 0.1) is 11.0 Å². The third-order valence-electron chi connectivity index (χ3n) is 1.82. The molecule has 0 aliphatic carbocycles. The zero-order chi connectivity index (χ0) is 11.5. The van der Waals surface area contributed by atoms with Crippen molar-refractivity contribution in [1.29, 1.82) is 0 Å². The van der Waals surface area contributed by atoms with Gasteiger partial charge in [0, 0.05) is 15.5 Å². The number of rotatable bonds is 3. The molecule has 0 atom stereocenters. The summed E-state index contributed by atoms with van der Waals surface area (Å²) in [5.74, 6) is 0.695. The second-order valence-electron chi connectivity index (χ2n) is 2.88. The van der Waals surface area contributed by atoms with Crippen LogP contribution in [0.1, 0.15) is 4.88 Å². The molecule has 0 unspecified atom stereocenters. The van der Waals surface area contributed by atoms with Crippen LogP contribution in [0.25, 0.3) is 0 Å². The molecule has 0 bridgehead atoms. The molecule has 84 valence electrons. The van der Waals surface area contributed by atoms with Crippen LogP contribution in [0, 0.1) is 0 Å². The van der Waals surface area contributed by atoms with Gasteiger partial charge in [0.15, 0.2) is 0 Å². The highest BCUT2D eigenvalue weighted by molar-refractivity contribution is 9.11. The largest absolute Gasteiger partial charge is 0.364 e. The minimum atomic E-state index is 0.232. The highest BCUT2D eigenvalue weighted by Crippen LogP contribution is 2.25. The van der Waals surface area contributed by atoms with E-state index >= 15 is 0 Å². The molecule has 2 rings (SSSR count). The van der Waals surface area contributed by atoms with Crippen molar-refractivity contribution in [3.05, 3.63) is 36.7 Å². The molecule has 2 heterocycles. The van der Waals surface area contributed by atoms with Gasteiger partial charge in [-0.2, -0.15) is 4.98 Å². The first-order valence-electron chi connectivity index (χ1n) is 4.30. The van der Waals surface area contributed by atoms with Crippen LogP contribution in [-0.2, 0) is 6.54 Å². The van der Waals surface area contributed by atoms with E-state index in [1.54, 1.807) is 17.5 Å². The summed E-state index contributed by atoms with van der Waals surface area (Å²) < 4.78 is 1.89. The molecular formula is C9H6Br2ClN3S. The predicted molar refractivity (Wildman–Crippen MR) is 74.1 cm³/mol. The molecule has 1 N–H and O–H groups in total. The van der Waals surface area contributed by atoms with Gasteiger partial charge >= 0.3 is 0 Å². The van der Waals surface area contributed by atoms with E-state index in [1.165, 1.54) is 4.88 Å². The zero-order valence-corrected chi connectivity index (χ0v) is 12.6. The van der Waals surface area contributed by atoms with Crippen molar-refractivity contribution in [3.8, 4) is 0 Å². The van der Waals surface area contributed by atoms with E-state index in [9.17, 15) is 0 Å². The molecule has 2 aromatic rings. The van der Waals surface area contributed by atoms with Crippen LogP contribution >= 0.6 is 54.8 Å². The molecular weight excluding hydrogens is 377 g/mol. The van der Waals surface area contributed by atoms with Gasteiger partial charge < -0.3 is 5.32 Å². The van der Waals surface area contributed by atoms with Crippen molar-refractivity contribution in [2.75, 3.05) is 5.32 Å². The van der Waals surface area contributed by atoms with Crippen LogP contribution < -0.4 is 5.32 Å². The van der Waals surface area contributed by atoms with Gasteiger partial charge in [-0.25, -0.2) is 4.98 Å². The van der Waals surface area contributed by atoms with E-state index in [0.717, 1.165) is 8.95 Å². The SMILES string of the molecule is Clc1ncc(Br)c(NCc2sccc2Br)n1. The molecule has 0 spiro atoms. The fourth-order valence-electron chi connectivity index (χ4n) is 1.08. The third kappa shape index (κ3) is 2.94. The minimum Gasteiger partial charge on any atom is -0.364 e. The Morgan fingerprint density at radius 2 is 2.19 bits per heavy atom. The Hall–Kier alpha value is -0.170. The summed E-state index contributed by atoms with van der Waals surface area (Å²) in [5, 5.41) is 5.46. The third-order valence-corrected chi connectivity index (χ3v) is 4.51. The first-order valence-corrected chi connectivity index (χ1v) is 7.15. The maximum absolute atomic E-state index is 5.72. The van der Waals surface area contributed by atoms with E-state index in [0.29, 0.717) is 12.4 Å². The lowest BCUT2D eigenvalue weighted by Gasteiger charge is -2.06. The number of thiophene rings is 1. The maximum Gasteiger partial charge on any atom is 0.224 e. The van der Waals surface area contributed by atoms with Crippen LogP contribution in [0.5, 0.6) is 0 Å². The Kier molecular flexibility index (Phi) is 4.18. The van der Waals surface area contributed by atoms with Crippen LogP contribution in [0.2, 0.25) is 5.28 Å². The standard InChI is InChI=1S/C9H6Br2ClN3S/c10-5-1-2-16-7(5)4-13-8-6(11)3-14-9(12)15-8/h1-3H,4H2,(H,13,14,15). The van der Waals surface area contributed by atoms with Gasteiger partial charge in [-0.05, 0) is 54.9 Å². The summed E-state index contributed by atoms with van der Waals surface area (Å²) in [6, 6.07) is 2.02. The second-order valence-corrected chi connectivity index (χ2v) is 5.93. The van der Waals surface area contributed by atoms with Crippen molar-refractivity contribution in [2.45, 2.75) is 6.54 Å². The summed E-state index contributed by atoms with van der Waals surface area (Å²) in [5.41, 5.74) is 0. The van der Waals surface area contributed by atoms with Gasteiger partial charge in [-0.15, -0.1) is 11.3 Å². The summed E-state index contributed by atoms with van der Waals surface area (Å²) in [7, 11) is 0. The van der Waals surface area contributed by atoms with E-state index in [1.807, 2.05) is 11.4 Å². The lowest BCUT2D eigenvalue weighted by Crippen LogP contribution is -2.02. The molecule has 16 heavy (non-hydrogen) atoms. The van der Waals surface area contributed by atoms with Crippen LogP contribution in [-0.4, -0.2) is 9.97 Å². The van der Waals surface area contributed by atoms with Crippen molar-refractivity contribution in [2.24, 2.45) is 0 Å². The van der Waals surface area contributed by atoms with E-state index in [4.69, 9.17) is 11.6 Å². The summed E-state index contributed by atoms with van der Waals surface area (Å²) in [6.07, 6.45) is 1.63. The number of hydrogen-bond donors (Lipinski definition) is 1. The molecule has 0 aromatic carbocycles. The fraction of sp³-hybridized carbons (Fsp3) is 0.111. The van der Waals surface area contributed by atoms with E-state index in [2.05, 4.69) is 47.1 Å². The molecule has 0 aliphatic rings. The zero-order valence-electron chi connectivity index (χ0n) is 7.88. The number of nitrogens with zero attached hydrogens (tertiary/aromatic N) is 2. The predicted octanol–water partition coefficient (Wildman–Crippen LogP) is 4.33. The first kappa shape index (κ1) is 12.3. The Balaban J connectivity index is 2.10. The molecule has 3 nitrogen and oxygen atoms in total. The minimum absolute atomic E-state index is 0.232. The quantitative estimate of drug-likeness (QED) is 0.802. The highest BCUT2D eigenvalue weighted by atomic mass is 79.9. The lowest BCUT2D eigenvalue weighted by atomic mass is 10.4.